The van der Waals surface area contributed by atoms with Gasteiger partial charge in [0.15, 0.2) is 0 Å². The van der Waals surface area contributed by atoms with Gasteiger partial charge in [0.25, 0.3) is 0 Å². The van der Waals surface area contributed by atoms with Gasteiger partial charge in [-0.2, -0.15) is 0 Å². The molecule has 2 rings (SSSR count). The van der Waals surface area contributed by atoms with Crippen LogP contribution in [-0.2, 0) is 4.79 Å². The zero-order valence-corrected chi connectivity index (χ0v) is 13.1. The molecule has 1 fully saturated rings. The number of rotatable bonds is 6. The predicted octanol–water partition coefficient (Wildman–Crippen LogP) is 2.51. The van der Waals surface area contributed by atoms with Crippen molar-refractivity contribution in [2.45, 2.75) is 38.1 Å². The van der Waals surface area contributed by atoms with Crippen molar-refractivity contribution in [2.75, 3.05) is 13.2 Å². The van der Waals surface area contributed by atoms with Crippen LogP contribution >= 0.6 is 12.4 Å². The standard InChI is InChI=1S/C16H24N2O2.ClH/c17-14-7-4-6-13(12-14)16(19)18-10-5-11-20-15-8-2-1-3-9-15;/h1-3,8-9,13-14H,4-7,10-12,17H2,(H,18,19);1H. The molecule has 0 radical (unpaired) electrons. The zero-order chi connectivity index (χ0) is 14.2. The first-order valence-corrected chi connectivity index (χ1v) is 7.47. The van der Waals surface area contributed by atoms with Gasteiger partial charge < -0.3 is 15.8 Å². The molecule has 118 valence electrons. The molecule has 1 aliphatic carbocycles. The molecule has 21 heavy (non-hydrogen) atoms. The SMILES string of the molecule is Cl.NC1CCCC(C(=O)NCCCOc2ccccc2)C1. The predicted molar refractivity (Wildman–Crippen MR) is 86.7 cm³/mol. The average molecular weight is 313 g/mol. The maximum Gasteiger partial charge on any atom is 0.223 e. The van der Waals surface area contributed by atoms with E-state index in [-0.39, 0.29) is 30.3 Å². The summed E-state index contributed by atoms with van der Waals surface area (Å²) in [6, 6.07) is 9.92. The van der Waals surface area contributed by atoms with Crippen molar-refractivity contribution < 1.29 is 9.53 Å². The van der Waals surface area contributed by atoms with Gasteiger partial charge in [0.05, 0.1) is 6.61 Å². The summed E-state index contributed by atoms with van der Waals surface area (Å²) in [6.45, 7) is 1.28. The van der Waals surface area contributed by atoms with Crippen LogP contribution in [0.4, 0.5) is 0 Å². The lowest BCUT2D eigenvalue weighted by Gasteiger charge is -2.25. The Morgan fingerprint density at radius 3 is 2.76 bits per heavy atom. The molecule has 1 aromatic carbocycles. The van der Waals surface area contributed by atoms with E-state index < -0.39 is 0 Å². The van der Waals surface area contributed by atoms with Crippen LogP contribution < -0.4 is 15.8 Å². The second-order valence-corrected chi connectivity index (χ2v) is 5.43. The van der Waals surface area contributed by atoms with Gasteiger partial charge in [-0.15, -0.1) is 12.4 Å². The van der Waals surface area contributed by atoms with Gasteiger partial charge in [0.2, 0.25) is 5.91 Å². The Hall–Kier alpha value is -1.26. The molecule has 1 aliphatic rings. The van der Waals surface area contributed by atoms with E-state index in [0.717, 1.165) is 37.9 Å². The van der Waals surface area contributed by atoms with Crippen LogP contribution in [-0.4, -0.2) is 25.1 Å². The summed E-state index contributed by atoms with van der Waals surface area (Å²) in [5, 5.41) is 2.98. The fraction of sp³-hybridized carbons (Fsp3) is 0.562. The summed E-state index contributed by atoms with van der Waals surface area (Å²) in [6.07, 6.45) is 4.73. The third kappa shape index (κ3) is 6.36. The van der Waals surface area contributed by atoms with Crippen molar-refractivity contribution in [3.8, 4) is 5.75 Å². The lowest BCUT2D eigenvalue weighted by molar-refractivity contribution is -0.126. The largest absolute Gasteiger partial charge is 0.494 e. The number of carbonyl (C=O) groups excluding carboxylic acids is 1. The van der Waals surface area contributed by atoms with Crippen molar-refractivity contribution in [3.05, 3.63) is 30.3 Å². The monoisotopic (exact) mass is 312 g/mol. The van der Waals surface area contributed by atoms with Crippen LogP contribution in [0.2, 0.25) is 0 Å². The van der Waals surface area contributed by atoms with Gasteiger partial charge in [0.1, 0.15) is 5.75 Å². The number of halogens is 1. The quantitative estimate of drug-likeness (QED) is 0.793. The highest BCUT2D eigenvalue weighted by Crippen LogP contribution is 2.23. The number of nitrogens with two attached hydrogens (primary N) is 1. The number of benzene rings is 1. The molecule has 0 saturated heterocycles. The number of carbonyl (C=O) groups is 1. The number of para-hydroxylation sites is 1. The molecule has 2 unspecified atom stereocenters. The lowest BCUT2D eigenvalue weighted by Crippen LogP contribution is -2.38. The Bertz CT molecular complexity index is 414. The summed E-state index contributed by atoms with van der Waals surface area (Å²) in [7, 11) is 0. The first-order chi connectivity index (χ1) is 9.75. The van der Waals surface area contributed by atoms with Crippen molar-refractivity contribution in [1.29, 1.82) is 0 Å². The van der Waals surface area contributed by atoms with Crippen molar-refractivity contribution in [1.82, 2.24) is 5.32 Å². The Morgan fingerprint density at radius 1 is 1.29 bits per heavy atom. The Labute approximate surface area is 132 Å². The Morgan fingerprint density at radius 2 is 2.05 bits per heavy atom. The van der Waals surface area contributed by atoms with E-state index >= 15 is 0 Å². The number of amides is 1. The minimum atomic E-state index is 0. The van der Waals surface area contributed by atoms with Gasteiger partial charge in [-0.05, 0) is 37.8 Å². The molecule has 1 aromatic rings. The van der Waals surface area contributed by atoms with Crippen molar-refractivity contribution >= 4 is 18.3 Å². The molecule has 1 amide bonds. The number of ether oxygens (including phenoxy) is 1. The molecule has 0 bridgehead atoms. The van der Waals surface area contributed by atoms with Crippen LogP contribution in [0.3, 0.4) is 0 Å². The van der Waals surface area contributed by atoms with Crippen molar-refractivity contribution in [2.24, 2.45) is 11.7 Å². The van der Waals surface area contributed by atoms with Crippen LogP contribution in [0.5, 0.6) is 5.75 Å². The Kier molecular flexibility index (Phi) is 8.16. The van der Waals surface area contributed by atoms with E-state index in [9.17, 15) is 4.79 Å². The summed E-state index contributed by atoms with van der Waals surface area (Å²) >= 11 is 0. The zero-order valence-electron chi connectivity index (χ0n) is 12.3. The fourth-order valence-corrected chi connectivity index (χ4v) is 2.60. The molecular weight excluding hydrogens is 288 g/mol. The maximum atomic E-state index is 12.0. The average Bonchev–Trinajstić information content (AvgIpc) is 2.48. The van der Waals surface area contributed by atoms with Gasteiger partial charge in [-0.1, -0.05) is 24.6 Å². The highest BCUT2D eigenvalue weighted by molar-refractivity contribution is 5.85. The lowest BCUT2D eigenvalue weighted by atomic mass is 9.85. The summed E-state index contributed by atoms with van der Waals surface area (Å²) in [4.78, 5) is 12.0. The third-order valence-corrected chi connectivity index (χ3v) is 3.72. The van der Waals surface area contributed by atoms with Crippen LogP contribution in [0.1, 0.15) is 32.1 Å². The van der Waals surface area contributed by atoms with Gasteiger partial charge in [0, 0.05) is 18.5 Å². The molecule has 5 heteroatoms. The topological polar surface area (TPSA) is 64.4 Å². The number of hydrogen-bond donors (Lipinski definition) is 2. The first kappa shape index (κ1) is 17.8. The normalized spacial score (nSPS) is 21.2. The van der Waals surface area contributed by atoms with E-state index in [4.69, 9.17) is 10.5 Å². The molecule has 0 heterocycles. The molecule has 0 aromatic heterocycles. The highest BCUT2D eigenvalue weighted by atomic mass is 35.5. The van der Waals surface area contributed by atoms with E-state index in [1.165, 1.54) is 0 Å². The molecule has 3 N–H and O–H groups in total. The molecule has 2 atom stereocenters. The molecule has 1 saturated carbocycles. The van der Waals surface area contributed by atoms with Gasteiger partial charge in [-0.25, -0.2) is 0 Å². The minimum Gasteiger partial charge on any atom is -0.494 e. The summed E-state index contributed by atoms with van der Waals surface area (Å²) < 4.78 is 5.58. The van der Waals surface area contributed by atoms with Crippen LogP contribution in [0, 0.1) is 5.92 Å². The van der Waals surface area contributed by atoms with E-state index in [1.807, 2.05) is 30.3 Å². The third-order valence-electron chi connectivity index (χ3n) is 3.72. The number of hydrogen-bond acceptors (Lipinski definition) is 3. The minimum absolute atomic E-state index is 0. The highest BCUT2D eigenvalue weighted by Gasteiger charge is 2.24. The fourth-order valence-electron chi connectivity index (χ4n) is 2.60. The van der Waals surface area contributed by atoms with E-state index in [0.29, 0.717) is 13.2 Å². The maximum absolute atomic E-state index is 12.0. The second kappa shape index (κ2) is 9.64. The van der Waals surface area contributed by atoms with Crippen LogP contribution in [0.25, 0.3) is 0 Å². The van der Waals surface area contributed by atoms with E-state index in [1.54, 1.807) is 0 Å². The van der Waals surface area contributed by atoms with E-state index in [2.05, 4.69) is 5.32 Å². The molecule has 0 aliphatic heterocycles. The smallest absolute Gasteiger partial charge is 0.223 e. The Balaban J connectivity index is 0.00000220. The molecular formula is C16H25ClN2O2. The molecule has 0 spiro atoms. The first-order valence-electron chi connectivity index (χ1n) is 7.47. The molecule has 4 nitrogen and oxygen atoms in total. The number of nitrogens with one attached hydrogen (secondary N) is 1. The van der Waals surface area contributed by atoms with Gasteiger partial charge in [-0.3, -0.25) is 4.79 Å². The summed E-state index contributed by atoms with van der Waals surface area (Å²) in [5.41, 5.74) is 5.90. The van der Waals surface area contributed by atoms with Crippen LogP contribution in [0.15, 0.2) is 30.3 Å². The van der Waals surface area contributed by atoms with Crippen molar-refractivity contribution in [3.63, 3.8) is 0 Å². The summed E-state index contributed by atoms with van der Waals surface area (Å²) in [5.74, 6) is 1.13. The second-order valence-electron chi connectivity index (χ2n) is 5.43. The van der Waals surface area contributed by atoms with Gasteiger partial charge >= 0.3 is 0 Å².